The number of benzene rings is 1. The Labute approximate surface area is 149 Å². The third-order valence-electron chi connectivity index (χ3n) is 3.66. The van der Waals surface area contributed by atoms with Crippen molar-refractivity contribution < 1.29 is 14.3 Å². The molecule has 1 heterocycles. The largest absolute Gasteiger partial charge is 0.497 e. The third-order valence-corrected chi connectivity index (χ3v) is 4.68. The van der Waals surface area contributed by atoms with Gasteiger partial charge in [-0.15, -0.1) is 10.2 Å². The maximum atomic E-state index is 11.8. The van der Waals surface area contributed by atoms with Crippen molar-refractivity contribution in [3.8, 4) is 17.1 Å². The van der Waals surface area contributed by atoms with Gasteiger partial charge in [0, 0.05) is 18.7 Å². The van der Waals surface area contributed by atoms with Crippen molar-refractivity contribution in [2.24, 2.45) is 7.05 Å². The van der Waals surface area contributed by atoms with Crippen LogP contribution in [-0.2, 0) is 11.8 Å². The van der Waals surface area contributed by atoms with E-state index in [2.05, 4.69) is 20.8 Å². The second-order valence-corrected chi connectivity index (χ2v) is 6.62. The molecule has 0 bridgehead atoms. The molecule has 0 atom stereocenters. The number of carbonyl (C=O) groups is 2. The molecule has 0 radical (unpaired) electrons. The van der Waals surface area contributed by atoms with Gasteiger partial charge in [0.15, 0.2) is 11.0 Å². The fourth-order valence-corrected chi connectivity index (χ4v) is 2.91. The summed E-state index contributed by atoms with van der Waals surface area (Å²) in [7, 11) is 3.43. The Morgan fingerprint density at radius 3 is 2.88 bits per heavy atom. The maximum absolute atomic E-state index is 11.8. The first-order chi connectivity index (χ1) is 12.1. The lowest BCUT2D eigenvalue weighted by molar-refractivity contribution is -0.117. The fraction of sp³-hybridized carbons (Fsp3) is 0.375. The van der Waals surface area contributed by atoms with Crippen LogP contribution in [0.1, 0.15) is 12.8 Å². The number of aromatic nitrogens is 3. The summed E-state index contributed by atoms with van der Waals surface area (Å²) < 4.78 is 7.02. The maximum Gasteiger partial charge on any atom is 0.321 e. The van der Waals surface area contributed by atoms with Crippen LogP contribution < -0.4 is 15.4 Å². The first-order valence-electron chi connectivity index (χ1n) is 7.84. The summed E-state index contributed by atoms with van der Waals surface area (Å²) in [5.41, 5.74) is 0.870. The summed E-state index contributed by atoms with van der Waals surface area (Å²) in [5.74, 6) is 1.13. The summed E-state index contributed by atoms with van der Waals surface area (Å²) in [5, 5.41) is 13.9. The minimum atomic E-state index is -0.442. The van der Waals surface area contributed by atoms with E-state index in [0.29, 0.717) is 11.0 Å². The molecular weight excluding hydrogens is 342 g/mol. The molecule has 3 rings (SSSR count). The van der Waals surface area contributed by atoms with Crippen molar-refractivity contribution in [1.82, 2.24) is 25.4 Å². The minimum absolute atomic E-state index is 0.0855. The van der Waals surface area contributed by atoms with Gasteiger partial charge in [0.1, 0.15) is 5.75 Å². The van der Waals surface area contributed by atoms with Gasteiger partial charge < -0.3 is 14.6 Å². The van der Waals surface area contributed by atoms with Crippen molar-refractivity contribution in [3.05, 3.63) is 24.3 Å². The molecule has 1 aliphatic rings. The normalized spacial score (nSPS) is 13.4. The number of carbonyl (C=O) groups excluding carboxylic acids is 2. The molecule has 1 saturated carbocycles. The number of rotatable bonds is 6. The number of hydrogen-bond acceptors (Lipinski definition) is 6. The fourth-order valence-electron chi connectivity index (χ4n) is 2.20. The Kier molecular flexibility index (Phi) is 5.22. The lowest BCUT2D eigenvalue weighted by Crippen LogP contribution is -2.41. The molecule has 132 valence electrons. The predicted octanol–water partition coefficient (Wildman–Crippen LogP) is 1.57. The average molecular weight is 361 g/mol. The SMILES string of the molecule is COc1cccc(-c2nnc(SCC(=O)NC(=O)NC3CC3)n2C)c1. The van der Waals surface area contributed by atoms with Gasteiger partial charge in [0.05, 0.1) is 12.9 Å². The zero-order valence-electron chi connectivity index (χ0n) is 14.0. The molecule has 8 nitrogen and oxygen atoms in total. The quantitative estimate of drug-likeness (QED) is 0.758. The molecule has 2 aromatic rings. The van der Waals surface area contributed by atoms with E-state index >= 15 is 0 Å². The summed E-state index contributed by atoms with van der Waals surface area (Å²) >= 11 is 1.22. The van der Waals surface area contributed by atoms with Crippen LogP contribution in [0.5, 0.6) is 5.75 Å². The lowest BCUT2D eigenvalue weighted by Gasteiger charge is -2.06. The smallest absolute Gasteiger partial charge is 0.321 e. The van der Waals surface area contributed by atoms with Crippen molar-refractivity contribution in [1.29, 1.82) is 0 Å². The molecule has 3 amide bonds. The molecule has 9 heteroatoms. The molecule has 0 unspecified atom stereocenters. The molecule has 0 aliphatic heterocycles. The average Bonchev–Trinajstić information content (AvgIpc) is 3.33. The van der Waals surface area contributed by atoms with Crippen molar-refractivity contribution >= 4 is 23.7 Å². The molecule has 1 fully saturated rings. The Balaban J connectivity index is 1.59. The van der Waals surface area contributed by atoms with Crippen LogP contribution in [0.4, 0.5) is 4.79 Å². The van der Waals surface area contributed by atoms with Crippen LogP contribution in [0.25, 0.3) is 11.4 Å². The van der Waals surface area contributed by atoms with E-state index in [9.17, 15) is 9.59 Å². The molecular formula is C16H19N5O3S. The van der Waals surface area contributed by atoms with E-state index in [0.717, 1.165) is 24.2 Å². The van der Waals surface area contributed by atoms with E-state index in [-0.39, 0.29) is 17.7 Å². The van der Waals surface area contributed by atoms with Crippen LogP contribution in [0.15, 0.2) is 29.4 Å². The monoisotopic (exact) mass is 361 g/mol. The Bertz CT molecular complexity index is 788. The van der Waals surface area contributed by atoms with Gasteiger partial charge >= 0.3 is 6.03 Å². The number of hydrogen-bond donors (Lipinski definition) is 2. The van der Waals surface area contributed by atoms with Crippen LogP contribution in [0.2, 0.25) is 0 Å². The summed E-state index contributed by atoms with van der Waals surface area (Å²) in [6.07, 6.45) is 1.95. The minimum Gasteiger partial charge on any atom is -0.497 e. The summed E-state index contributed by atoms with van der Waals surface area (Å²) in [6, 6.07) is 7.28. The standard InChI is InChI=1S/C16H19N5O3S/c1-21-14(10-4-3-5-12(8-10)24-2)19-20-16(21)25-9-13(22)18-15(23)17-11-6-7-11/h3-5,8,11H,6-7,9H2,1-2H3,(H2,17,18,22,23). The number of thioether (sulfide) groups is 1. The van der Waals surface area contributed by atoms with Gasteiger partial charge in [-0.25, -0.2) is 4.79 Å². The number of methoxy groups -OCH3 is 1. The zero-order chi connectivity index (χ0) is 17.8. The number of nitrogens with one attached hydrogen (secondary N) is 2. The van der Waals surface area contributed by atoms with Crippen LogP contribution in [0, 0.1) is 0 Å². The van der Waals surface area contributed by atoms with E-state index in [4.69, 9.17) is 4.74 Å². The highest BCUT2D eigenvalue weighted by Crippen LogP contribution is 2.25. The zero-order valence-corrected chi connectivity index (χ0v) is 14.8. The first-order valence-corrected chi connectivity index (χ1v) is 8.82. The van der Waals surface area contributed by atoms with Crippen molar-refractivity contribution in [2.45, 2.75) is 24.0 Å². The number of ether oxygens (including phenoxy) is 1. The number of urea groups is 1. The summed E-state index contributed by atoms with van der Waals surface area (Å²) in [6.45, 7) is 0. The Morgan fingerprint density at radius 2 is 2.16 bits per heavy atom. The molecule has 2 N–H and O–H groups in total. The van der Waals surface area contributed by atoms with E-state index in [1.54, 1.807) is 11.7 Å². The molecule has 0 saturated heterocycles. The second-order valence-electron chi connectivity index (χ2n) is 5.68. The van der Waals surface area contributed by atoms with Gasteiger partial charge in [0.2, 0.25) is 5.91 Å². The highest BCUT2D eigenvalue weighted by molar-refractivity contribution is 7.99. The van der Waals surface area contributed by atoms with Gasteiger partial charge in [-0.05, 0) is 25.0 Å². The molecule has 1 aromatic heterocycles. The molecule has 25 heavy (non-hydrogen) atoms. The number of imide groups is 1. The molecule has 1 aromatic carbocycles. The Morgan fingerprint density at radius 1 is 1.36 bits per heavy atom. The molecule has 1 aliphatic carbocycles. The van der Waals surface area contributed by atoms with Gasteiger partial charge in [-0.3, -0.25) is 10.1 Å². The van der Waals surface area contributed by atoms with E-state index in [1.165, 1.54) is 11.8 Å². The number of amides is 3. The van der Waals surface area contributed by atoms with Gasteiger partial charge in [-0.1, -0.05) is 23.9 Å². The van der Waals surface area contributed by atoms with Gasteiger partial charge in [-0.2, -0.15) is 0 Å². The summed E-state index contributed by atoms with van der Waals surface area (Å²) in [4.78, 5) is 23.4. The van der Waals surface area contributed by atoms with E-state index < -0.39 is 6.03 Å². The predicted molar refractivity (Wildman–Crippen MR) is 93.4 cm³/mol. The second kappa shape index (κ2) is 7.56. The highest BCUT2D eigenvalue weighted by atomic mass is 32.2. The molecule has 0 spiro atoms. The third kappa shape index (κ3) is 4.50. The highest BCUT2D eigenvalue weighted by Gasteiger charge is 2.24. The lowest BCUT2D eigenvalue weighted by atomic mass is 10.2. The van der Waals surface area contributed by atoms with Crippen molar-refractivity contribution in [3.63, 3.8) is 0 Å². The first kappa shape index (κ1) is 17.3. The Hall–Kier alpha value is -2.55. The van der Waals surface area contributed by atoms with Crippen LogP contribution in [-0.4, -0.2) is 45.6 Å². The van der Waals surface area contributed by atoms with Gasteiger partial charge in [0.25, 0.3) is 0 Å². The van der Waals surface area contributed by atoms with Crippen molar-refractivity contribution in [2.75, 3.05) is 12.9 Å². The van der Waals surface area contributed by atoms with Crippen LogP contribution >= 0.6 is 11.8 Å². The van der Waals surface area contributed by atoms with Crippen LogP contribution in [0.3, 0.4) is 0 Å². The number of nitrogens with zero attached hydrogens (tertiary/aromatic N) is 3. The van der Waals surface area contributed by atoms with E-state index in [1.807, 2.05) is 31.3 Å². The topological polar surface area (TPSA) is 98.1 Å².